The van der Waals surface area contributed by atoms with Crippen molar-refractivity contribution >= 4 is 11.1 Å². The Morgan fingerprint density at radius 3 is 2.42 bits per heavy atom. The van der Waals surface area contributed by atoms with E-state index in [0.717, 1.165) is 6.20 Å². The van der Waals surface area contributed by atoms with Gasteiger partial charge in [-0.1, -0.05) is 0 Å². The second-order valence-corrected chi connectivity index (χ2v) is 2.58. The van der Waals surface area contributed by atoms with E-state index in [1.165, 1.54) is 0 Å². The van der Waals surface area contributed by atoms with Crippen LogP contribution in [0.2, 0.25) is 0 Å². The molecule has 0 saturated heterocycles. The summed E-state index contributed by atoms with van der Waals surface area (Å²) in [6, 6.07) is 0. The average Bonchev–Trinajstić information content (AvgIpc) is 1.85. The summed E-state index contributed by atoms with van der Waals surface area (Å²) in [5.74, 6) is 0. The first-order valence-corrected chi connectivity index (χ1v) is 3.60. The van der Waals surface area contributed by atoms with E-state index in [1.807, 2.05) is 4.98 Å². The first-order chi connectivity index (χ1) is 5.11. The Morgan fingerprint density at radius 1 is 1.42 bits per heavy atom. The Bertz CT molecular complexity index is 397. The zero-order valence-corrected chi connectivity index (χ0v) is 8.94. The van der Waals surface area contributed by atoms with E-state index in [9.17, 15) is 18.4 Å². The van der Waals surface area contributed by atoms with Crippen LogP contribution in [0.1, 0.15) is 0 Å². The Morgan fingerprint density at radius 2 is 2.00 bits per heavy atom. The number of aromatic amines is 2. The summed E-state index contributed by atoms with van der Waals surface area (Å²) < 4.78 is 20.4. The fourth-order valence-corrected chi connectivity index (χ4v) is 0.879. The van der Waals surface area contributed by atoms with Crippen molar-refractivity contribution in [1.82, 2.24) is 9.97 Å². The van der Waals surface area contributed by atoms with Gasteiger partial charge in [0.2, 0.25) is 0 Å². The Balaban J connectivity index is 0.00000121. The molecule has 0 fully saturated rings. The Labute approximate surface area is 91.0 Å². The summed E-state index contributed by atoms with van der Waals surface area (Å²) in [6.07, 6.45) is 0.838. The SMILES string of the molecule is O=c1[nH]cc(S(=O)[O-])c(=O)[nH]1.[Na+]. The summed E-state index contributed by atoms with van der Waals surface area (Å²) in [7, 11) is 0. The van der Waals surface area contributed by atoms with Crippen LogP contribution in [0.15, 0.2) is 20.7 Å². The molecule has 0 spiro atoms. The number of aromatic nitrogens is 2. The van der Waals surface area contributed by atoms with Gasteiger partial charge < -0.3 is 9.54 Å². The van der Waals surface area contributed by atoms with Crippen LogP contribution in [0, 0.1) is 0 Å². The molecule has 2 N–H and O–H groups in total. The molecule has 1 unspecified atom stereocenters. The van der Waals surface area contributed by atoms with E-state index in [-0.39, 0.29) is 29.6 Å². The number of hydrogen-bond acceptors (Lipinski definition) is 4. The van der Waals surface area contributed by atoms with Gasteiger partial charge in [-0.25, -0.2) is 4.79 Å². The summed E-state index contributed by atoms with van der Waals surface area (Å²) in [6.45, 7) is 0. The van der Waals surface area contributed by atoms with Crippen LogP contribution >= 0.6 is 0 Å². The van der Waals surface area contributed by atoms with Crippen LogP contribution in [0.25, 0.3) is 0 Å². The number of nitrogens with one attached hydrogen (secondary N) is 2. The third kappa shape index (κ3) is 2.68. The van der Waals surface area contributed by atoms with Crippen molar-refractivity contribution in [2.45, 2.75) is 4.90 Å². The molecule has 6 nitrogen and oxygen atoms in total. The number of H-pyrrole nitrogens is 2. The van der Waals surface area contributed by atoms with Crippen LogP contribution < -0.4 is 40.8 Å². The normalized spacial score (nSPS) is 11.8. The van der Waals surface area contributed by atoms with Gasteiger partial charge in [0.1, 0.15) is 4.90 Å². The molecule has 0 aliphatic heterocycles. The summed E-state index contributed by atoms with van der Waals surface area (Å²) >= 11 is -2.61. The molecule has 0 amide bonds. The first kappa shape index (κ1) is 11.8. The van der Waals surface area contributed by atoms with E-state index in [1.54, 1.807) is 4.98 Å². The first-order valence-electron chi connectivity index (χ1n) is 2.52. The Kier molecular flexibility index (Phi) is 4.64. The van der Waals surface area contributed by atoms with Crippen LogP contribution in [0.4, 0.5) is 0 Å². The third-order valence-electron chi connectivity index (χ3n) is 0.965. The van der Waals surface area contributed by atoms with Gasteiger partial charge in [-0.3, -0.25) is 14.0 Å². The van der Waals surface area contributed by atoms with Gasteiger partial charge in [-0.05, 0) is 11.1 Å². The van der Waals surface area contributed by atoms with Crippen LogP contribution in [-0.4, -0.2) is 18.7 Å². The summed E-state index contributed by atoms with van der Waals surface area (Å²) in [5.41, 5.74) is -1.65. The van der Waals surface area contributed by atoms with E-state index in [0.29, 0.717) is 0 Å². The van der Waals surface area contributed by atoms with Crippen molar-refractivity contribution < 1.29 is 38.3 Å². The minimum atomic E-state index is -2.61. The standard InChI is InChI=1S/C4H4N2O4S.Na/c7-3-2(11(9)10)1-5-4(8)6-3;/h1H,(H,9,10)(H2,5,6,7,8);/q;+1/p-1. The minimum absolute atomic E-state index is 0. The molecule has 0 radical (unpaired) electrons. The topological polar surface area (TPSA) is 106 Å². The predicted octanol–water partition coefficient (Wildman–Crippen LogP) is -4.69. The molecule has 0 saturated carbocycles. The van der Waals surface area contributed by atoms with Gasteiger partial charge in [-0.2, -0.15) is 0 Å². The maximum Gasteiger partial charge on any atom is 1.00 e. The van der Waals surface area contributed by atoms with Crippen LogP contribution in [0.3, 0.4) is 0 Å². The quantitative estimate of drug-likeness (QED) is 0.349. The second kappa shape index (κ2) is 4.73. The van der Waals surface area contributed by atoms with Crippen molar-refractivity contribution in [3.8, 4) is 0 Å². The molecular formula is C4H3N2NaO4S. The maximum atomic E-state index is 10.6. The van der Waals surface area contributed by atoms with Gasteiger partial charge in [0, 0.05) is 6.20 Å². The minimum Gasteiger partial charge on any atom is -0.768 e. The molecule has 0 aliphatic rings. The average molecular weight is 198 g/mol. The molecule has 0 aromatic carbocycles. The van der Waals surface area contributed by atoms with Crippen LogP contribution in [-0.2, 0) is 11.1 Å². The van der Waals surface area contributed by atoms with Crippen molar-refractivity contribution in [2.24, 2.45) is 0 Å². The van der Waals surface area contributed by atoms with Gasteiger partial charge in [-0.15, -0.1) is 0 Å². The van der Waals surface area contributed by atoms with Crippen molar-refractivity contribution in [3.05, 3.63) is 27.0 Å². The number of hydrogen-bond donors (Lipinski definition) is 2. The molecule has 1 atom stereocenters. The molecule has 0 aliphatic carbocycles. The third-order valence-corrected chi connectivity index (χ3v) is 1.63. The van der Waals surface area contributed by atoms with Crippen molar-refractivity contribution in [2.75, 3.05) is 0 Å². The molecule has 1 aromatic rings. The second-order valence-electron chi connectivity index (χ2n) is 1.67. The van der Waals surface area contributed by atoms with Gasteiger partial charge in [0.25, 0.3) is 5.56 Å². The molecule has 1 aromatic heterocycles. The number of rotatable bonds is 1. The summed E-state index contributed by atoms with van der Waals surface area (Å²) in [4.78, 5) is 24.3. The zero-order chi connectivity index (χ0) is 8.43. The van der Waals surface area contributed by atoms with Crippen molar-refractivity contribution in [3.63, 3.8) is 0 Å². The van der Waals surface area contributed by atoms with Gasteiger partial charge in [0.15, 0.2) is 0 Å². The smallest absolute Gasteiger partial charge is 0.768 e. The van der Waals surface area contributed by atoms with E-state index < -0.39 is 27.2 Å². The molecule has 0 bridgehead atoms. The molecule has 1 heterocycles. The van der Waals surface area contributed by atoms with E-state index in [2.05, 4.69) is 0 Å². The molecular weight excluding hydrogens is 195 g/mol. The zero-order valence-electron chi connectivity index (χ0n) is 6.12. The maximum absolute atomic E-state index is 10.6. The Hall–Kier alpha value is -0.210. The fourth-order valence-electron chi connectivity index (χ4n) is 0.521. The van der Waals surface area contributed by atoms with Gasteiger partial charge >= 0.3 is 35.2 Å². The van der Waals surface area contributed by atoms with Gasteiger partial charge in [0.05, 0.1) is 0 Å². The molecule has 12 heavy (non-hydrogen) atoms. The van der Waals surface area contributed by atoms with Crippen LogP contribution in [0.5, 0.6) is 0 Å². The molecule has 60 valence electrons. The van der Waals surface area contributed by atoms with E-state index in [4.69, 9.17) is 0 Å². The summed E-state index contributed by atoms with van der Waals surface area (Å²) in [5, 5.41) is 0. The molecule has 8 heteroatoms. The van der Waals surface area contributed by atoms with E-state index >= 15 is 0 Å². The monoisotopic (exact) mass is 198 g/mol. The fraction of sp³-hybridized carbons (Fsp3) is 0. The largest absolute Gasteiger partial charge is 1.00 e. The predicted molar refractivity (Wildman–Crippen MR) is 34.9 cm³/mol. The molecule has 1 rings (SSSR count). The van der Waals surface area contributed by atoms with Crippen molar-refractivity contribution in [1.29, 1.82) is 0 Å².